The van der Waals surface area contributed by atoms with Crippen LogP contribution in [0.4, 0.5) is 0 Å². The number of rotatable bonds is 3. The van der Waals surface area contributed by atoms with Crippen LogP contribution in [-0.2, 0) is 32.7 Å². The Hall–Kier alpha value is -4.41. The minimum absolute atomic E-state index is 0.0226. The van der Waals surface area contributed by atoms with E-state index in [1.807, 2.05) is 31.9 Å². The van der Waals surface area contributed by atoms with Gasteiger partial charge in [-0.2, -0.15) is 0 Å². The van der Waals surface area contributed by atoms with Crippen molar-refractivity contribution in [3.05, 3.63) is 62.7 Å². The molecule has 10 rings (SSSR count). The number of benzene rings is 3. The summed E-state index contributed by atoms with van der Waals surface area (Å²) in [6, 6.07) is 3.13. The zero-order chi connectivity index (χ0) is 38.0. The van der Waals surface area contributed by atoms with Crippen molar-refractivity contribution in [3.63, 3.8) is 0 Å². The van der Waals surface area contributed by atoms with E-state index in [1.165, 1.54) is 32.9 Å². The van der Waals surface area contributed by atoms with Gasteiger partial charge in [-0.05, 0) is 68.1 Å². The number of aliphatic hydroxyl groups excluding tert-OH is 1. The largest absolute Gasteiger partial charge is 0.504 e. The van der Waals surface area contributed by atoms with E-state index >= 15 is 0 Å². The first-order valence-electron chi connectivity index (χ1n) is 18.1. The van der Waals surface area contributed by atoms with E-state index < -0.39 is 47.1 Å². The van der Waals surface area contributed by atoms with Crippen LogP contribution >= 0.6 is 11.8 Å². The molecule has 0 aromatic heterocycles. The van der Waals surface area contributed by atoms with E-state index in [-0.39, 0.29) is 42.4 Å². The van der Waals surface area contributed by atoms with Crippen LogP contribution in [0.1, 0.15) is 68.8 Å². The highest BCUT2D eigenvalue weighted by molar-refractivity contribution is 7.99. The predicted octanol–water partition coefficient (Wildman–Crippen LogP) is 3.41. The number of hydrogen-bond donors (Lipinski definition) is 4. The Labute approximate surface area is 316 Å². The van der Waals surface area contributed by atoms with Gasteiger partial charge in [-0.1, -0.05) is 6.07 Å². The van der Waals surface area contributed by atoms with Gasteiger partial charge in [0.1, 0.15) is 18.6 Å². The number of phenols is 2. The number of nitrogens with one attached hydrogen (secondary N) is 1. The number of thioether (sulfide) groups is 1. The van der Waals surface area contributed by atoms with Crippen LogP contribution in [-0.4, -0.2) is 102 Å². The summed E-state index contributed by atoms with van der Waals surface area (Å²) >= 11 is 1.47. The molecule has 7 aliphatic rings. The van der Waals surface area contributed by atoms with Crippen LogP contribution < -0.4 is 29.0 Å². The molecule has 286 valence electrons. The number of fused-ring (bicyclic) bond motifs is 9. The van der Waals surface area contributed by atoms with E-state index in [4.69, 9.17) is 28.4 Å². The standard InChI is InChI=1S/C39H43N3O11S/c1-16-9-20-10-22-37(46)42-23-13-50-38(47)39(21-12-25(48-5)24(44)11-19(21)7-8-40-39)14-54-36(30(42)29(41(22)4)26(20)31(45)32(16)49-6)28-27(23)35-34(51-15-52-35)17(2)33(28)53-18(3)43/h9,11-12,22-23,29-30,36-37,40,44-46H,7-8,10,13-15H2,1-6H3/t22-,23+,29-,30?,36-,37+,39-/m1/s1. The van der Waals surface area contributed by atoms with Crippen LogP contribution in [0.2, 0.25) is 0 Å². The van der Waals surface area contributed by atoms with Gasteiger partial charge in [0.2, 0.25) is 6.79 Å². The highest BCUT2D eigenvalue weighted by atomic mass is 32.2. The summed E-state index contributed by atoms with van der Waals surface area (Å²) in [4.78, 5) is 31.7. The topological polar surface area (TPSA) is 169 Å². The summed E-state index contributed by atoms with van der Waals surface area (Å²) in [7, 11) is 4.96. The fourth-order valence-corrected chi connectivity index (χ4v) is 11.7. The monoisotopic (exact) mass is 761 g/mol. The Bertz CT molecular complexity index is 2130. The average Bonchev–Trinajstić information content (AvgIpc) is 3.63. The molecule has 0 amide bonds. The Morgan fingerprint density at radius 3 is 2.54 bits per heavy atom. The minimum Gasteiger partial charge on any atom is -0.504 e. The van der Waals surface area contributed by atoms with Gasteiger partial charge in [0.15, 0.2) is 40.0 Å². The zero-order valence-corrected chi connectivity index (χ0v) is 31.7. The molecule has 1 spiro atoms. The second-order valence-electron chi connectivity index (χ2n) is 14.9. The third-order valence-electron chi connectivity index (χ3n) is 12.3. The van der Waals surface area contributed by atoms with Crippen LogP contribution in [0.15, 0.2) is 18.2 Å². The first kappa shape index (κ1) is 35.3. The lowest BCUT2D eigenvalue weighted by molar-refractivity contribution is -0.186. The Kier molecular flexibility index (Phi) is 8.21. The number of esters is 2. The minimum atomic E-state index is -1.36. The number of carbonyl (C=O) groups is 2. The van der Waals surface area contributed by atoms with E-state index in [0.717, 1.165) is 16.7 Å². The molecular weight excluding hydrogens is 719 g/mol. The summed E-state index contributed by atoms with van der Waals surface area (Å²) < 4.78 is 35.9. The van der Waals surface area contributed by atoms with Gasteiger partial charge in [0.25, 0.3) is 0 Å². The Morgan fingerprint density at radius 2 is 1.80 bits per heavy atom. The molecule has 54 heavy (non-hydrogen) atoms. The third kappa shape index (κ3) is 4.74. The Balaban J connectivity index is 1.32. The summed E-state index contributed by atoms with van der Waals surface area (Å²) in [5.74, 6) is 0.949. The number of carbonyl (C=O) groups excluding carboxylic acids is 2. The highest BCUT2D eigenvalue weighted by Gasteiger charge is 2.61. The number of methoxy groups -OCH3 is 2. The molecule has 4 bridgehead atoms. The molecule has 2 saturated heterocycles. The van der Waals surface area contributed by atoms with Crippen LogP contribution in [0.5, 0.6) is 40.2 Å². The van der Waals surface area contributed by atoms with E-state index in [1.54, 1.807) is 12.1 Å². The average molecular weight is 762 g/mol. The third-order valence-corrected chi connectivity index (χ3v) is 13.7. The molecule has 0 saturated carbocycles. The molecule has 2 fully saturated rings. The molecule has 14 nitrogen and oxygen atoms in total. The van der Waals surface area contributed by atoms with Gasteiger partial charge >= 0.3 is 11.9 Å². The quantitative estimate of drug-likeness (QED) is 0.226. The number of likely N-dealkylation sites (N-methyl/N-ethyl adjacent to an activating group) is 1. The molecule has 3 aromatic rings. The molecule has 1 unspecified atom stereocenters. The molecule has 15 heteroatoms. The molecule has 7 atom stereocenters. The fraction of sp³-hybridized carbons (Fsp3) is 0.487. The molecule has 4 N–H and O–H groups in total. The first-order valence-corrected chi connectivity index (χ1v) is 19.1. The van der Waals surface area contributed by atoms with Gasteiger partial charge in [-0.25, -0.2) is 4.79 Å². The van der Waals surface area contributed by atoms with Crippen molar-refractivity contribution in [2.75, 3.05) is 47.0 Å². The van der Waals surface area contributed by atoms with Crippen molar-refractivity contribution in [3.8, 4) is 40.2 Å². The molecule has 0 radical (unpaired) electrons. The SMILES string of the molecule is COc1cc2c(cc1O)CCN[C@]21CS[C@@H]2c3c(OC(C)=O)c(C)c4c(c3[C@H](COC1=O)N1C2[C@H]2c3c(cc(C)c(OC)c3O)C[C@H]([C@@H]1O)N2C)OCO4. The number of phenolic OH excluding ortho intramolecular Hbond substituents is 2. The highest BCUT2D eigenvalue weighted by Crippen LogP contribution is 2.64. The predicted molar refractivity (Wildman–Crippen MR) is 195 cm³/mol. The van der Waals surface area contributed by atoms with Crippen molar-refractivity contribution < 1.29 is 53.3 Å². The van der Waals surface area contributed by atoms with Crippen molar-refractivity contribution in [1.82, 2.24) is 15.1 Å². The molecule has 3 aromatic carbocycles. The van der Waals surface area contributed by atoms with E-state index in [2.05, 4.69) is 10.2 Å². The molecular formula is C39H43N3O11S. The van der Waals surface area contributed by atoms with Gasteiger partial charge in [-0.15, -0.1) is 11.8 Å². The lowest BCUT2D eigenvalue weighted by atomic mass is 9.73. The number of hydrogen-bond acceptors (Lipinski definition) is 15. The van der Waals surface area contributed by atoms with Crippen LogP contribution in [0, 0.1) is 13.8 Å². The lowest BCUT2D eigenvalue weighted by Gasteiger charge is -2.62. The van der Waals surface area contributed by atoms with Crippen molar-refractivity contribution >= 4 is 23.7 Å². The molecule has 7 heterocycles. The van der Waals surface area contributed by atoms with Gasteiger partial charge in [-0.3, -0.25) is 19.9 Å². The number of aliphatic hydroxyl groups is 1. The Morgan fingerprint density at radius 1 is 1.02 bits per heavy atom. The van der Waals surface area contributed by atoms with Crippen molar-refractivity contribution in [2.45, 2.75) is 74.8 Å². The normalized spacial score (nSPS) is 29.4. The molecule has 0 aliphatic carbocycles. The van der Waals surface area contributed by atoms with Gasteiger partial charge in [0.05, 0.1) is 37.6 Å². The number of aryl methyl sites for hydroxylation is 1. The maximum absolute atomic E-state index is 14.7. The zero-order valence-electron chi connectivity index (χ0n) is 30.8. The summed E-state index contributed by atoms with van der Waals surface area (Å²) in [6.45, 7) is 5.26. The maximum Gasteiger partial charge on any atom is 0.331 e. The summed E-state index contributed by atoms with van der Waals surface area (Å²) in [5.41, 5.74) is 4.36. The fourth-order valence-electron chi connectivity index (χ4n) is 10.00. The smallest absolute Gasteiger partial charge is 0.331 e. The lowest BCUT2D eigenvalue weighted by Crippen LogP contribution is -2.70. The maximum atomic E-state index is 14.7. The van der Waals surface area contributed by atoms with Crippen molar-refractivity contribution in [2.24, 2.45) is 0 Å². The van der Waals surface area contributed by atoms with E-state index in [0.29, 0.717) is 70.2 Å². The van der Waals surface area contributed by atoms with Crippen LogP contribution in [0.3, 0.4) is 0 Å². The second kappa shape index (κ2) is 12.6. The van der Waals surface area contributed by atoms with Crippen LogP contribution in [0.25, 0.3) is 0 Å². The van der Waals surface area contributed by atoms with Gasteiger partial charge < -0.3 is 43.7 Å². The first-order chi connectivity index (χ1) is 25.9. The number of aromatic hydroxyl groups is 2. The molecule has 7 aliphatic heterocycles. The number of piperazine rings is 1. The van der Waals surface area contributed by atoms with Crippen molar-refractivity contribution in [1.29, 1.82) is 0 Å². The van der Waals surface area contributed by atoms with Gasteiger partial charge in [0, 0.05) is 47.5 Å². The number of ether oxygens (including phenoxy) is 6. The van der Waals surface area contributed by atoms with E-state index in [9.17, 15) is 24.9 Å². The number of nitrogens with zero attached hydrogens (tertiary/aromatic N) is 2. The summed E-state index contributed by atoms with van der Waals surface area (Å²) in [5, 5.41) is 38.2. The second-order valence-corrected chi connectivity index (χ2v) is 16.1. The summed E-state index contributed by atoms with van der Waals surface area (Å²) in [6.07, 6.45) is -0.0282.